The minimum Gasteiger partial charge on any atom is -0.441 e. The van der Waals surface area contributed by atoms with E-state index in [0.717, 1.165) is 39.6 Å². The number of hydrogen-bond acceptors (Lipinski definition) is 5. The van der Waals surface area contributed by atoms with Crippen LogP contribution in [0.3, 0.4) is 0 Å². The monoisotopic (exact) mass is 499 g/mol. The zero-order chi connectivity index (χ0) is 22.6. The normalized spacial score (nSPS) is 12.6. The van der Waals surface area contributed by atoms with E-state index in [1.807, 2.05) is 49.4 Å². The molecule has 0 fully saturated rings. The van der Waals surface area contributed by atoms with Crippen LogP contribution < -0.4 is 10.2 Å². The molecule has 1 heterocycles. The fraction of sp³-hybridized carbons (Fsp3) is 0.364. The lowest BCUT2D eigenvalue weighted by atomic mass is 10.1. The number of thiazole rings is 1. The SMILES string of the molecule is CCN(CC)c1ccc(NC(=O)OC(Cc2nc3ccccc3s2)C(Cl)(Cl)Cl)c(C)c1. The van der Waals surface area contributed by atoms with Gasteiger partial charge in [0.2, 0.25) is 3.79 Å². The lowest BCUT2D eigenvalue weighted by Gasteiger charge is -2.24. The first-order valence-electron chi connectivity index (χ1n) is 9.95. The number of aryl methyl sites for hydroxylation is 1. The summed E-state index contributed by atoms with van der Waals surface area (Å²) in [6, 6.07) is 13.6. The molecule has 3 aromatic rings. The van der Waals surface area contributed by atoms with E-state index >= 15 is 0 Å². The maximum absolute atomic E-state index is 12.6. The molecule has 9 heteroatoms. The number of alkyl halides is 3. The second kappa shape index (κ2) is 10.3. The van der Waals surface area contributed by atoms with Crippen LogP contribution in [-0.4, -0.2) is 34.1 Å². The number of rotatable bonds is 7. The molecule has 2 aromatic carbocycles. The molecule has 0 bridgehead atoms. The van der Waals surface area contributed by atoms with Gasteiger partial charge in [-0.05, 0) is 56.7 Å². The molecule has 31 heavy (non-hydrogen) atoms. The average Bonchev–Trinajstić information content (AvgIpc) is 3.12. The Morgan fingerprint density at radius 2 is 1.90 bits per heavy atom. The summed E-state index contributed by atoms with van der Waals surface area (Å²) in [5.41, 5.74) is 3.51. The number of halogens is 3. The molecule has 3 rings (SSSR count). The number of carbonyl (C=O) groups is 1. The number of nitrogens with zero attached hydrogens (tertiary/aromatic N) is 2. The molecule has 0 aliphatic rings. The molecule has 0 radical (unpaired) electrons. The van der Waals surface area contributed by atoms with Gasteiger partial charge in [0.05, 0.1) is 15.2 Å². The van der Waals surface area contributed by atoms with Gasteiger partial charge in [-0.3, -0.25) is 5.32 Å². The number of anilines is 2. The standard InChI is InChI=1S/C22H24Cl3N3O2S/c1-4-28(5-2)15-10-11-16(14(3)12-15)27-21(29)30-19(22(23,24)25)13-20-26-17-8-6-7-9-18(17)31-20/h6-12,19H,4-5,13H2,1-3H3,(H,27,29). The van der Waals surface area contributed by atoms with Gasteiger partial charge >= 0.3 is 6.09 Å². The third kappa shape index (κ3) is 6.16. The van der Waals surface area contributed by atoms with E-state index in [9.17, 15) is 4.79 Å². The average molecular weight is 501 g/mol. The number of fused-ring (bicyclic) bond motifs is 1. The summed E-state index contributed by atoms with van der Waals surface area (Å²) in [4.78, 5) is 19.3. The van der Waals surface area contributed by atoms with Gasteiger partial charge in [0.15, 0.2) is 6.10 Å². The summed E-state index contributed by atoms with van der Waals surface area (Å²) >= 11 is 19.8. The van der Waals surface area contributed by atoms with Gasteiger partial charge in [0, 0.05) is 30.9 Å². The van der Waals surface area contributed by atoms with Crippen molar-refractivity contribution in [2.45, 2.75) is 37.1 Å². The summed E-state index contributed by atoms with van der Waals surface area (Å²) in [7, 11) is 0. The molecule has 5 nitrogen and oxygen atoms in total. The van der Waals surface area contributed by atoms with Gasteiger partial charge < -0.3 is 9.64 Å². The molecule has 1 aromatic heterocycles. The minimum absolute atomic E-state index is 0.198. The molecule has 0 spiro atoms. The van der Waals surface area contributed by atoms with Crippen molar-refractivity contribution in [1.82, 2.24) is 4.98 Å². The predicted octanol–water partition coefficient (Wildman–Crippen LogP) is 6.98. The summed E-state index contributed by atoms with van der Waals surface area (Å²) < 4.78 is 4.73. The van der Waals surface area contributed by atoms with Crippen LogP contribution in [0.15, 0.2) is 42.5 Å². The smallest absolute Gasteiger partial charge is 0.412 e. The van der Waals surface area contributed by atoms with Gasteiger partial charge in [-0.2, -0.15) is 0 Å². The highest BCUT2D eigenvalue weighted by molar-refractivity contribution is 7.18. The Bertz CT molecular complexity index is 1010. The fourth-order valence-electron chi connectivity index (χ4n) is 3.23. The minimum atomic E-state index is -1.79. The number of carbonyl (C=O) groups excluding carboxylic acids is 1. The summed E-state index contributed by atoms with van der Waals surface area (Å²) in [6.07, 6.45) is -1.48. The molecule has 1 N–H and O–H groups in total. The molecule has 166 valence electrons. The van der Waals surface area contributed by atoms with E-state index in [4.69, 9.17) is 39.5 Å². The van der Waals surface area contributed by atoms with Crippen molar-refractivity contribution in [1.29, 1.82) is 0 Å². The Labute approximate surface area is 201 Å². The molecular formula is C22H24Cl3N3O2S. The van der Waals surface area contributed by atoms with Crippen molar-refractivity contribution >= 4 is 73.8 Å². The van der Waals surface area contributed by atoms with Crippen molar-refractivity contribution in [3.05, 3.63) is 53.0 Å². The van der Waals surface area contributed by atoms with E-state index in [2.05, 4.69) is 29.0 Å². The summed E-state index contributed by atoms with van der Waals surface area (Å²) in [6.45, 7) is 7.94. The maximum Gasteiger partial charge on any atom is 0.412 e. The second-order valence-corrected chi connectivity index (χ2v) is 10.5. The van der Waals surface area contributed by atoms with Crippen LogP contribution in [0, 0.1) is 6.92 Å². The van der Waals surface area contributed by atoms with Crippen LogP contribution in [0.25, 0.3) is 10.2 Å². The highest BCUT2D eigenvalue weighted by Crippen LogP contribution is 2.36. The van der Waals surface area contributed by atoms with Crippen LogP contribution in [0.1, 0.15) is 24.4 Å². The van der Waals surface area contributed by atoms with Gasteiger partial charge in [-0.1, -0.05) is 46.9 Å². The number of benzene rings is 2. The Hall–Kier alpha value is -1.73. The third-order valence-corrected chi connectivity index (χ3v) is 6.68. The Morgan fingerprint density at radius 1 is 1.19 bits per heavy atom. The van der Waals surface area contributed by atoms with Crippen LogP contribution in [0.4, 0.5) is 16.2 Å². The largest absolute Gasteiger partial charge is 0.441 e. The highest BCUT2D eigenvalue weighted by Gasteiger charge is 2.37. The van der Waals surface area contributed by atoms with E-state index in [1.165, 1.54) is 11.3 Å². The first-order valence-corrected chi connectivity index (χ1v) is 11.9. The number of para-hydroxylation sites is 1. The third-order valence-electron chi connectivity index (χ3n) is 4.89. The van der Waals surface area contributed by atoms with Crippen LogP contribution in [0.2, 0.25) is 0 Å². The van der Waals surface area contributed by atoms with E-state index in [-0.39, 0.29) is 6.42 Å². The lowest BCUT2D eigenvalue weighted by Crippen LogP contribution is -2.35. The zero-order valence-corrected chi connectivity index (χ0v) is 20.6. The van der Waals surface area contributed by atoms with Crippen molar-refractivity contribution in [2.75, 3.05) is 23.3 Å². The topological polar surface area (TPSA) is 54.5 Å². The quantitative estimate of drug-likeness (QED) is 0.355. The molecule has 0 saturated carbocycles. The Balaban J connectivity index is 1.71. The Kier molecular flexibility index (Phi) is 7.92. The van der Waals surface area contributed by atoms with Crippen molar-refractivity contribution in [3.8, 4) is 0 Å². The lowest BCUT2D eigenvalue weighted by molar-refractivity contribution is 0.112. The van der Waals surface area contributed by atoms with Gasteiger partial charge in [-0.25, -0.2) is 9.78 Å². The number of aromatic nitrogens is 1. The number of hydrogen-bond donors (Lipinski definition) is 1. The molecule has 1 amide bonds. The first kappa shape index (κ1) is 23.9. The second-order valence-electron chi connectivity index (χ2n) is 7.01. The molecule has 0 saturated heterocycles. The molecule has 0 aliphatic heterocycles. The van der Waals surface area contributed by atoms with Crippen molar-refractivity contribution in [2.24, 2.45) is 0 Å². The summed E-state index contributed by atoms with van der Waals surface area (Å²) in [5, 5.41) is 3.48. The van der Waals surface area contributed by atoms with Crippen LogP contribution >= 0.6 is 46.1 Å². The van der Waals surface area contributed by atoms with E-state index < -0.39 is 16.0 Å². The highest BCUT2D eigenvalue weighted by atomic mass is 35.6. The fourth-order valence-corrected chi connectivity index (χ4v) is 4.59. The Morgan fingerprint density at radius 3 is 2.52 bits per heavy atom. The van der Waals surface area contributed by atoms with Gasteiger partial charge in [0.25, 0.3) is 0 Å². The molecule has 1 atom stereocenters. The number of nitrogens with one attached hydrogen (secondary N) is 1. The summed E-state index contributed by atoms with van der Waals surface area (Å²) in [5.74, 6) is 0. The van der Waals surface area contributed by atoms with Crippen LogP contribution in [-0.2, 0) is 11.2 Å². The zero-order valence-electron chi connectivity index (χ0n) is 17.5. The predicted molar refractivity (Wildman–Crippen MR) is 132 cm³/mol. The maximum atomic E-state index is 12.6. The molecule has 1 unspecified atom stereocenters. The van der Waals surface area contributed by atoms with Gasteiger partial charge in [-0.15, -0.1) is 11.3 Å². The van der Waals surface area contributed by atoms with E-state index in [0.29, 0.717) is 5.69 Å². The molecule has 0 aliphatic carbocycles. The number of ether oxygens (including phenoxy) is 1. The first-order chi connectivity index (χ1) is 14.7. The van der Waals surface area contributed by atoms with Crippen LogP contribution in [0.5, 0.6) is 0 Å². The number of amides is 1. The molecular weight excluding hydrogens is 477 g/mol. The van der Waals surface area contributed by atoms with Crippen molar-refractivity contribution < 1.29 is 9.53 Å². The van der Waals surface area contributed by atoms with Crippen molar-refractivity contribution in [3.63, 3.8) is 0 Å². The van der Waals surface area contributed by atoms with Gasteiger partial charge in [0.1, 0.15) is 0 Å². The van der Waals surface area contributed by atoms with E-state index in [1.54, 1.807) is 0 Å².